The first-order chi connectivity index (χ1) is 11.0. The Balaban J connectivity index is 2.18. The summed E-state index contributed by atoms with van der Waals surface area (Å²) in [6.07, 6.45) is 2.50. The summed E-state index contributed by atoms with van der Waals surface area (Å²) in [5.74, 6) is -0.144. The van der Waals surface area contributed by atoms with Gasteiger partial charge >= 0.3 is 0 Å². The predicted octanol–water partition coefficient (Wildman–Crippen LogP) is 0.533. The van der Waals surface area contributed by atoms with Gasteiger partial charge < -0.3 is 25.8 Å². The van der Waals surface area contributed by atoms with Crippen molar-refractivity contribution in [2.75, 3.05) is 38.4 Å². The molecule has 4 N–H and O–H groups in total. The van der Waals surface area contributed by atoms with Gasteiger partial charge in [0, 0.05) is 37.5 Å². The second-order valence-electron chi connectivity index (χ2n) is 5.04. The van der Waals surface area contributed by atoms with E-state index in [-0.39, 0.29) is 36.1 Å². The van der Waals surface area contributed by atoms with Crippen LogP contribution in [0.25, 0.3) is 0 Å². The third-order valence-corrected chi connectivity index (χ3v) is 3.42. The summed E-state index contributed by atoms with van der Waals surface area (Å²) in [4.78, 5) is 25.9. The van der Waals surface area contributed by atoms with Crippen LogP contribution in [0, 0.1) is 0 Å². The summed E-state index contributed by atoms with van der Waals surface area (Å²) in [5, 5.41) is 11.8. The average molecular weight is 317 g/mol. The van der Waals surface area contributed by atoms with Gasteiger partial charge in [0.2, 0.25) is 11.6 Å². The highest BCUT2D eigenvalue weighted by atomic mass is 16.5. The van der Waals surface area contributed by atoms with Crippen molar-refractivity contribution >= 4 is 22.9 Å². The quantitative estimate of drug-likeness (QED) is 0.519. The number of aliphatic hydroxyl groups excluding tert-OH is 1. The van der Waals surface area contributed by atoms with E-state index in [4.69, 9.17) is 15.6 Å². The monoisotopic (exact) mass is 317 g/mol. The van der Waals surface area contributed by atoms with E-state index in [9.17, 15) is 9.59 Å². The van der Waals surface area contributed by atoms with E-state index >= 15 is 0 Å². The Bertz CT molecular complexity index is 695. The highest BCUT2D eigenvalue weighted by Crippen LogP contribution is 2.26. The Hall–Kier alpha value is -2.80. The standard InChI is InChI=1S/C16H19N3O4/c1-19(5-6-20)13-9-14(21)12(8-15(13)22)18-10-3-4-11(17)16(7-10)23-2/h3-4,7-9,18,20H,5-6,17H2,1-2H3. The number of hydrogen-bond donors (Lipinski definition) is 3. The second kappa shape index (κ2) is 6.97. The number of carbonyl (C=O) groups excluding carboxylic acids is 2. The first-order valence-corrected chi connectivity index (χ1v) is 7.01. The molecule has 2 rings (SSSR count). The van der Waals surface area contributed by atoms with Crippen molar-refractivity contribution in [2.24, 2.45) is 0 Å². The lowest BCUT2D eigenvalue weighted by Gasteiger charge is -2.22. The lowest BCUT2D eigenvalue weighted by Crippen LogP contribution is -2.30. The number of allylic oxidation sites excluding steroid dienone is 2. The number of carbonyl (C=O) groups is 2. The van der Waals surface area contributed by atoms with Gasteiger partial charge in [-0.25, -0.2) is 0 Å². The molecule has 1 aliphatic carbocycles. The van der Waals surface area contributed by atoms with E-state index < -0.39 is 0 Å². The van der Waals surface area contributed by atoms with Crippen molar-refractivity contribution in [3.8, 4) is 5.75 Å². The molecule has 0 bridgehead atoms. The Morgan fingerprint density at radius 2 is 2.00 bits per heavy atom. The van der Waals surface area contributed by atoms with Crippen LogP contribution in [-0.2, 0) is 9.59 Å². The van der Waals surface area contributed by atoms with Gasteiger partial charge in [-0.1, -0.05) is 0 Å². The number of nitrogens with two attached hydrogens (primary N) is 1. The summed E-state index contributed by atoms with van der Waals surface area (Å²) >= 11 is 0. The predicted molar refractivity (Wildman–Crippen MR) is 86.9 cm³/mol. The van der Waals surface area contributed by atoms with Crippen LogP contribution in [0.2, 0.25) is 0 Å². The number of aliphatic hydroxyl groups is 1. The lowest BCUT2D eigenvalue weighted by atomic mass is 10.1. The molecule has 0 spiro atoms. The van der Waals surface area contributed by atoms with Gasteiger partial charge in [-0.05, 0) is 12.1 Å². The smallest absolute Gasteiger partial charge is 0.204 e. The van der Waals surface area contributed by atoms with Crippen molar-refractivity contribution in [3.05, 3.63) is 41.7 Å². The Labute approximate surface area is 134 Å². The third kappa shape index (κ3) is 3.70. The molecule has 0 amide bonds. The van der Waals surface area contributed by atoms with Gasteiger partial charge in [-0.2, -0.15) is 0 Å². The molecular weight excluding hydrogens is 298 g/mol. The number of methoxy groups -OCH3 is 1. The highest BCUT2D eigenvalue weighted by Gasteiger charge is 2.23. The molecule has 1 aliphatic rings. The molecule has 0 unspecified atom stereocenters. The zero-order valence-corrected chi connectivity index (χ0v) is 13.0. The molecular formula is C16H19N3O4. The van der Waals surface area contributed by atoms with Crippen LogP contribution in [0.4, 0.5) is 11.4 Å². The molecule has 23 heavy (non-hydrogen) atoms. The van der Waals surface area contributed by atoms with Gasteiger partial charge in [-0.3, -0.25) is 9.59 Å². The van der Waals surface area contributed by atoms with Crippen LogP contribution >= 0.6 is 0 Å². The summed E-state index contributed by atoms with van der Waals surface area (Å²) in [7, 11) is 3.14. The Kier molecular flexibility index (Phi) is 5.02. The van der Waals surface area contributed by atoms with Gasteiger partial charge in [0.1, 0.15) is 5.75 Å². The van der Waals surface area contributed by atoms with E-state index in [1.165, 1.54) is 19.3 Å². The molecule has 7 nitrogen and oxygen atoms in total. The minimum atomic E-state index is -0.319. The second-order valence-corrected chi connectivity index (χ2v) is 5.04. The molecule has 1 aromatic rings. The number of rotatable bonds is 6. The molecule has 7 heteroatoms. The van der Waals surface area contributed by atoms with Gasteiger partial charge in [0.15, 0.2) is 0 Å². The number of ether oxygens (including phenoxy) is 1. The number of nitrogens with zero attached hydrogens (tertiary/aromatic N) is 1. The Morgan fingerprint density at radius 1 is 1.26 bits per heavy atom. The van der Waals surface area contributed by atoms with Crippen molar-refractivity contribution < 1.29 is 19.4 Å². The fourth-order valence-electron chi connectivity index (χ4n) is 2.16. The number of anilines is 2. The van der Waals surface area contributed by atoms with Crippen LogP contribution in [0.5, 0.6) is 5.75 Å². The molecule has 1 aromatic carbocycles. The zero-order valence-electron chi connectivity index (χ0n) is 13.0. The molecule has 0 radical (unpaired) electrons. The molecule has 0 fully saturated rings. The largest absolute Gasteiger partial charge is 0.495 e. The van der Waals surface area contributed by atoms with Gasteiger partial charge in [-0.15, -0.1) is 0 Å². The maximum atomic E-state index is 12.2. The molecule has 122 valence electrons. The summed E-state index contributed by atoms with van der Waals surface area (Å²) in [6.45, 7) is 0.173. The lowest BCUT2D eigenvalue weighted by molar-refractivity contribution is -0.116. The van der Waals surface area contributed by atoms with Crippen LogP contribution in [-0.4, -0.2) is 48.9 Å². The summed E-state index contributed by atoms with van der Waals surface area (Å²) in [5.41, 5.74) is 7.23. The number of nitrogen functional groups attached to an aromatic ring is 1. The van der Waals surface area contributed by atoms with E-state index in [1.54, 1.807) is 30.1 Å². The molecule has 0 aliphatic heterocycles. The van der Waals surface area contributed by atoms with Gasteiger partial charge in [0.25, 0.3) is 0 Å². The van der Waals surface area contributed by atoms with E-state index in [1.807, 2.05) is 0 Å². The molecule has 0 heterocycles. The van der Waals surface area contributed by atoms with Crippen molar-refractivity contribution in [1.29, 1.82) is 0 Å². The van der Waals surface area contributed by atoms with Crippen molar-refractivity contribution in [2.45, 2.75) is 0 Å². The topological polar surface area (TPSA) is 105 Å². The van der Waals surface area contributed by atoms with E-state index in [0.29, 0.717) is 17.1 Å². The highest BCUT2D eigenvalue weighted by molar-refractivity contribution is 6.20. The van der Waals surface area contributed by atoms with Crippen LogP contribution in [0.3, 0.4) is 0 Å². The van der Waals surface area contributed by atoms with Crippen molar-refractivity contribution in [1.82, 2.24) is 4.90 Å². The SMILES string of the molecule is COc1cc(NC2=CC(=O)C(N(C)CCO)=CC2=O)ccc1N. The van der Waals surface area contributed by atoms with E-state index in [2.05, 4.69) is 5.32 Å². The number of nitrogens with one attached hydrogen (secondary N) is 1. The first kappa shape index (κ1) is 16.6. The Morgan fingerprint density at radius 3 is 2.65 bits per heavy atom. The average Bonchev–Trinajstić information content (AvgIpc) is 2.52. The third-order valence-electron chi connectivity index (χ3n) is 3.42. The van der Waals surface area contributed by atoms with Crippen LogP contribution < -0.4 is 15.8 Å². The number of ketones is 2. The first-order valence-electron chi connectivity index (χ1n) is 7.01. The normalized spacial score (nSPS) is 14.2. The maximum Gasteiger partial charge on any atom is 0.204 e. The molecule has 0 saturated heterocycles. The zero-order chi connectivity index (χ0) is 17.0. The molecule has 0 aromatic heterocycles. The molecule has 0 atom stereocenters. The number of hydrogen-bond acceptors (Lipinski definition) is 7. The minimum Gasteiger partial charge on any atom is -0.495 e. The number of likely N-dealkylation sites (N-methyl/N-ethyl adjacent to an activating group) is 1. The van der Waals surface area contributed by atoms with Gasteiger partial charge in [0.05, 0.1) is 30.8 Å². The fourth-order valence-corrected chi connectivity index (χ4v) is 2.16. The number of benzene rings is 1. The van der Waals surface area contributed by atoms with Crippen LogP contribution in [0.15, 0.2) is 41.7 Å². The maximum absolute atomic E-state index is 12.2. The fraction of sp³-hybridized carbons (Fsp3) is 0.250. The summed E-state index contributed by atoms with van der Waals surface area (Å²) < 4.78 is 5.12. The molecule has 0 saturated carbocycles. The van der Waals surface area contributed by atoms with E-state index in [0.717, 1.165) is 0 Å². The summed E-state index contributed by atoms with van der Waals surface area (Å²) in [6, 6.07) is 4.98. The van der Waals surface area contributed by atoms with Crippen LogP contribution in [0.1, 0.15) is 0 Å². The van der Waals surface area contributed by atoms with Crippen molar-refractivity contribution in [3.63, 3.8) is 0 Å². The minimum absolute atomic E-state index is 0.102.